The van der Waals surface area contributed by atoms with Crippen molar-refractivity contribution in [3.05, 3.63) is 93.3 Å². The van der Waals surface area contributed by atoms with Crippen molar-refractivity contribution in [2.75, 3.05) is 17.7 Å². The van der Waals surface area contributed by atoms with Crippen LogP contribution in [0.15, 0.2) is 69.9 Å². The molecule has 1 aromatic heterocycles. The number of nitrogens with zero attached hydrogens (tertiary/aromatic N) is 1. The molecule has 0 bridgehead atoms. The molecule has 10 heteroatoms. The van der Waals surface area contributed by atoms with Crippen molar-refractivity contribution in [2.24, 2.45) is 0 Å². The normalized spacial score (nSPS) is 12.0. The van der Waals surface area contributed by atoms with Crippen molar-refractivity contribution in [1.29, 1.82) is 0 Å². The van der Waals surface area contributed by atoms with E-state index >= 15 is 0 Å². The summed E-state index contributed by atoms with van der Waals surface area (Å²) >= 11 is 0. The molecule has 2 amide bonds. The average Bonchev–Trinajstić information content (AvgIpc) is 2.93. The Kier molecular flexibility index (Phi) is 9.15. The molecule has 0 saturated carbocycles. The Morgan fingerprint density at radius 3 is 2.31 bits per heavy atom. The molecule has 0 spiro atoms. The number of carbonyl (C=O) groups excluding carboxylic acids is 2. The summed E-state index contributed by atoms with van der Waals surface area (Å²) in [5.41, 5.74) is 3.09. The van der Waals surface area contributed by atoms with Crippen LogP contribution in [0, 0.1) is 13.8 Å². The van der Waals surface area contributed by atoms with Crippen LogP contribution >= 0.6 is 0 Å². The van der Waals surface area contributed by atoms with Crippen molar-refractivity contribution < 1.29 is 23.5 Å². The summed E-state index contributed by atoms with van der Waals surface area (Å²) in [6.45, 7) is 9.24. The molecule has 3 aromatic carbocycles. The summed E-state index contributed by atoms with van der Waals surface area (Å²) in [7, 11) is 1.59. The summed E-state index contributed by atoms with van der Waals surface area (Å²) in [6.07, 6.45) is -0.266. The van der Waals surface area contributed by atoms with Gasteiger partial charge in [-0.1, -0.05) is 35.9 Å². The maximum atomic E-state index is 13.4. The molecule has 10 nitrogen and oxygen atoms in total. The highest BCUT2D eigenvalue weighted by Crippen LogP contribution is 2.21. The van der Waals surface area contributed by atoms with Crippen molar-refractivity contribution in [1.82, 2.24) is 10.3 Å². The second-order valence-electron chi connectivity index (χ2n) is 11.0. The van der Waals surface area contributed by atoms with E-state index in [1.165, 1.54) is 0 Å². The molecule has 0 aliphatic carbocycles. The Morgan fingerprint density at radius 1 is 0.976 bits per heavy atom. The first-order chi connectivity index (χ1) is 19.9. The predicted molar refractivity (Wildman–Crippen MR) is 162 cm³/mol. The molecular formula is C32H36N4O6. The smallest absolute Gasteiger partial charge is 0.407 e. The lowest BCUT2D eigenvalue weighted by Crippen LogP contribution is -2.37. The van der Waals surface area contributed by atoms with Crippen LogP contribution in [0.5, 0.6) is 5.75 Å². The number of carbonyl (C=O) groups is 2. The van der Waals surface area contributed by atoms with Gasteiger partial charge in [0.25, 0.3) is 6.01 Å². The van der Waals surface area contributed by atoms with Crippen molar-refractivity contribution in [3.8, 4) is 5.75 Å². The number of hydrogen-bond acceptors (Lipinski definition) is 8. The number of aryl methyl sites for hydroxylation is 2. The lowest BCUT2D eigenvalue weighted by molar-refractivity contribution is -0.116. The average molecular weight is 573 g/mol. The minimum atomic E-state index is -0.814. The number of anilines is 2. The molecule has 4 rings (SSSR count). The Labute approximate surface area is 244 Å². The number of aromatic nitrogens is 1. The first-order valence-corrected chi connectivity index (χ1v) is 13.6. The lowest BCUT2D eigenvalue weighted by Gasteiger charge is -2.20. The highest BCUT2D eigenvalue weighted by Gasteiger charge is 2.23. The maximum absolute atomic E-state index is 13.4. The molecule has 1 heterocycles. The number of benzene rings is 3. The number of nitrogens with one attached hydrogen (secondary N) is 3. The van der Waals surface area contributed by atoms with Crippen molar-refractivity contribution >= 4 is 34.6 Å². The molecule has 0 aliphatic rings. The highest BCUT2D eigenvalue weighted by atomic mass is 16.6. The topological polar surface area (TPSA) is 132 Å². The minimum absolute atomic E-state index is 0.0795. The fourth-order valence-electron chi connectivity index (χ4n) is 4.32. The zero-order valence-corrected chi connectivity index (χ0v) is 24.7. The number of fused-ring (bicyclic) bond motifs is 1. The summed E-state index contributed by atoms with van der Waals surface area (Å²) in [5, 5.41) is 8.94. The molecule has 0 radical (unpaired) electrons. The standard InChI is InChI=1S/C32H36N4O6/c1-19-7-12-23(13-8-19)34-28(37)26(17-21-9-14-24(40-6)15-10-21)36-30-35-25-16-11-22(20(2)27(25)29(38)41-30)18-33-31(39)42-32(3,4)5/h7-16,26H,17-18H2,1-6H3,(H,33,39)(H,34,37)(H,35,36)/t26-/m0/s1. The van der Waals surface area contributed by atoms with E-state index in [-0.39, 0.29) is 18.5 Å². The molecule has 0 unspecified atom stereocenters. The SMILES string of the molecule is COc1ccc(C[C@H](Nc2nc3ccc(CNC(=O)OC(C)(C)C)c(C)c3c(=O)o2)C(=O)Nc2ccc(C)cc2)cc1. The molecule has 0 aliphatic heterocycles. The Morgan fingerprint density at radius 2 is 1.67 bits per heavy atom. The van der Waals surface area contributed by atoms with Gasteiger partial charge >= 0.3 is 11.7 Å². The molecule has 42 heavy (non-hydrogen) atoms. The van der Waals surface area contributed by atoms with E-state index in [4.69, 9.17) is 13.9 Å². The van der Waals surface area contributed by atoms with Gasteiger partial charge in [0.2, 0.25) is 5.91 Å². The fourth-order valence-corrected chi connectivity index (χ4v) is 4.32. The van der Waals surface area contributed by atoms with E-state index in [1.807, 2.05) is 55.5 Å². The quantitative estimate of drug-likeness (QED) is 0.240. The second kappa shape index (κ2) is 12.8. The van der Waals surface area contributed by atoms with Gasteiger partial charge in [0.1, 0.15) is 17.4 Å². The van der Waals surface area contributed by atoms with E-state index in [0.29, 0.717) is 34.3 Å². The monoisotopic (exact) mass is 572 g/mol. The predicted octanol–water partition coefficient (Wildman–Crippen LogP) is 5.50. The van der Waals surface area contributed by atoms with Crippen LogP contribution in [0.2, 0.25) is 0 Å². The third-order valence-corrected chi connectivity index (χ3v) is 6.52. The number of hydrogen-bond donors (Lipinski definition) is 3. The maximum Gasteiger partial charge on any atom is 0.407 e. The largest absolute Gasteiger partial charge is 0.497 e. The highest BCUT2D eigenvalue weighted by molar-refractivity contribution is 5.96. The lowest BCUT2D eigenvalue weighted by atomic mass is 10.0. The molecule has 220 valence electrons. The van der Waals surface area contributed by atoms with E-state index in [1.54, 1.807) is 46.9 Å². The van der Waals surface area contributed by atoms with Crippen molar-refractivity contribution in [2.45, 2.75) is 59.2 Å². The third-order valence-electron chi connectivity index (χ3n) is 6.52. The third kappa shape index (κ3) is 7.87. The molecule has 3 N–H and O–H groups in total. The summed E-state index contributed by atoms with van der Waals surface area (Å²) in [6, 6.07) is 17.4. The molecule has 0 fully saturated rings. The van der Waals surface area contributed by atoms with Gasteiger partial charge < -0.3 is 29.8 Å². The van der Waals surface area contributed by atoms with Gasteiger partial charge in [-0.25, -0.2) is 9.59 Å². The second-order valence-corrected chi connectivity index (χ2v) is 11.0. The molecule has 0 saturated heterocycles. The Hall–Kier alpha value is -4.86. The van der Waals surface area contributed by atoms with Crippen LogP contribution in [0.3, 0.4) is 0 Å². The van der Waals surface area contributed by atoms with Crippen LogP contribution < -0.4 is 26.3 Å². The van der Waals surface area contributed by atoms with Crippen LogP contribution in [0.25, 0.3) is 10.9 Å². The number of rotatable bonds is 9. The van der Waals surface area contributed by atoms with Gasteiger partial charge in [-0.15, -0.1) is 0 Å². The number of ether oxygens (including phenoxy) is 2. The van der Waals surface area contributed by atoms with Crippen molar-refractivity contribution in [3.63, 3.8) is 0 Å². The molecule has 4 aromatic rings. The van der Waals surface area contributed by atoms with Gasteiger partial charge in [0.05, 0.1) is 18.0 Å². The Bertz CT molecular complexity index is 1620. The van der Waals surface area contributed by atoms with Crippen LogP contribution in [-0.2, 0) is 22.5 Å². The van der Waals surface area contributed by atoms with E-state index in [9.17, 15) is 14.4 Å². The summed E-state index contributed by atoms with van der Waals surface area (Å²) < 4.78 is 16.1. The van der Waals surface area contributed by atoms with Gasteiger partial charge in [0.15, 0.2) is 0 Å². The van der Waals surface area contributed by atoms with Crippen LogP contribution in [0.4, 0.5) is 16.5 Å². The summed E-state index contributed by atoms with van der Waals surface area (Å²) in [5.74, 6) is 0.379. The minimum Gasteiger partial charge on any atom is -0.497 e. The zero-order valence-electron chi connectivity index (χ0n) is 24.7. The molecule has 1 atom stereocenters. The zero-order chi connectivity index (χ0) is 30.4. The first kappa shape index (κ1) is 30.1. The fraction of sp³-hybridized carbons (Fsp3) is 0.312. The number of alkyl carbamates (subject to hydrolysis) is 1. The van der Waals surface area contributed by atoms with Crippen LogP contribution in [-0.4, -0.2) is 35.7 Å². The molecular weight excluding hydrogens is 536 g/mol. The van der Waals surface area contributed by atoms with Gasteiger partial charge in [-0.05, 0) is 81.6 Å². The van der Waals surface area contributed by atoms with E-state index < -0.39 is 23.4 Å². The van der Waals surface area contributed by atoms with E-state index in [0.717, 1.165) is 16.7 Å². The Balaban J connectivity index is 1.58. The van der Waals surface area contributed by atoms with Gasteiger partial charge in [-0.2, -0.15) is 4.98 Å². The van der Waals surface area contributed by atoms with Gasteiger partial charge in [0, 0.05) is 18.7 Å². The van der Waals surface area contributed by atoms with Crippen LogP contribution in [0.1, 0.15) is 43.0 Å². The first-order valence-electron chi connectivity index (χ1n) is 13.6. The summed E-state index contributed by atoms with van der Waals surface area (Å²) in [4.78, 5) is 43.1. The van der Waals surface area contributed by atoms with E-state index in [2.05, 4.69) is 20.9 Å². The number of methoxy groups -OCH3 is 1. The number of amides is 2. The van der Waals surface area contributed by atoms with Gasteiger partial charge in [-0.3, -0.25) is 4.79 Å².